The number of hydrogen-bond acceptors (Lipinski definition) is 1. The third-order valence-electron chi connectivity index (χ3n) is 4.73. The molecule has 0 aliphatic heterocycles. The Morgan fingerprint density at radius 2 is 1.75 bits per heavy atom. The maximum absolute atomic E-state index is 12.8. The number of carbonyl (C=O) groups is 1. The van der Waals surface area contributed by atoms with Crippen LogP contribution in [-0.4, -0.2) is 26.5 Å². The summed E-state index contributed by atoms with van der Waals surface area (Å²) in [6.45, 7) is 0.862. The van der Waals surface area contributed by atoms with Crippen molar-refractivity contribution in [3.8, 4) is 0 Å². The first kappa shape index (κ1) is 16.7. The average molecular weight is 323 g/mol. The van der Waals surface area contributed by atoms with Gasteiger partial charge in [-0.2, -0.15) is 0 Å². The molecule has 0 radical (unpaired) electrons. The average Bonchev–Trinajstić information content (AvgIpc) is 2.61. The molecule has 0 saturated heterocycles. The highest BCUT2D eigenvalue weighted by Crippen LogP contribution is 2.22. The molecule has 126 valence electrons. The molecule has 2 aromatic rings. The molecule has 0 fully saturated rings. The van der Waals surface area contributed by atoms with Gasteiger partial charge >= 0.3 is 0 Å². The molecule has 3 rings (SSSR count). The van der Waals surface area contributed by atoms with Gasteiger partial charge < -0.3 is 10.2 Å². The molecule has 0 aromatic heterocycles. The molecule has 3 nitrogen and oxygen atoms in total. The number of benzene rings is 2. The Kier molecular flexibility index (Phi) is 5.31. The molecule has 0 saturated carbocycles. The fraction of sp³-hybridized carbons (Fsp3) is 0.381. The van der Waals surface area contributed by atoms with Crippen molar-refractivity contribution in [1.29, 1.82) is 0 Å². The minimum absolute atomic E-state index is 0.0264. The molecule has 1 atom stereocenters. The van der Waals surface area contributed by atoms with Crippen LogP contribution in [0, 0.1) is 0 Å². The molecule has 0 bridgehead atoms. The predicted molar refractivity (Wildman–Crippen MR) is 97.4 cm³/mol. The van der Waals surface area contributed by atoms with Gasteiger partial charge in [0.1, 0.15) is 12.6 Å². The van der Waals surface area contributed by atoms with Gasteiger partial charge in [0.2, 0.25) is 0 Å². The Balaban J connectivity index is 1.78. The molecule has 0 heterocycles. The first-order chi connectivity index (χ1) is 11.6. The molecule has 1 aliphatic rings. The van der Waals surface area contributed by atoms with Gasteiger partial charge in [-0.05, 0) is 54.5 Å². The lowest BCUT2D eigenvalue weighted by Crippen LogP contribution is -3.06. The van der Waals surface area contributed by atoms with Crippen LogP contribution >= 0.6 is 0 Å². The van der Waals surface area contributed by atoms with Crippen LogP contribution in [-0.2, 0) is 12.8 Å². The van der Waals surface area contributed by atoms with E-state index in [4.69, 9.17) is 0 Å². The smallest absolute Gasteiger partial charge is 0.251 e. The highest BCUT2D eigenvalue weighted by atomic mass is 16.1. The molecule has 1 aliphatic carbocycles. The Morgan fingerprint density at radius 3 is 2.46 bits per heavy atom. The molecule has 3 heteroatoms. The van der Waals surface area contributed by atoms with E-state index in [0.717, 1.165) is 30.5 Å². The summed E-state index contributed by atoms with van der Waals surface area (Å²) in [7, 11) is 4.22. The number of amides is 1. The number of quaternary nitrogens is 1. The molecule has 0 spiro atoms. The second-order valence-electron chi connectivity index (χ2n) is 7.04. The van der Waals surface area contributed by atoms with Crippen LogP contribution in [0.15, 0.2) is 48.5 Å². The first-order valence-electron chi connectivity index (χ1n) is 8.90. The number of nitrogens with one attached hydrogen (secondary N) is 2. The third-order valence-corrected chi connectivity index (χ3v) is 4.73. The Bertz CT molecular complexity index is 694. The Labute approximate surface area is 144 Å². The van der Waals surface area contributed by atoms with Crippen LogP contribution in [0.2, 0.25) is 0 Å². The number of likely N-dealkylation sites (N-methyl/N-ethyl adjacent to an activating group) is 1. The summed E-state index contributed by atoms with van der Waals surface area (Å²) >= 11 is 0. The van der Waals surface area contributed by atoms with E-state index < -0.39 is 0 Å². The first-order valence-corrected chi connectivity index (χ1v) is 8.90. The largest absolute Gasteiger partial charge is 0.340 e. The van der Waals surface area contributed by atoms with Gasteiger partial charge in [0.05, 0.1) is 14.1 Å². The monoisotopic (exact) mass is 323 g/mol. The van der Waals surface area contributed by atoms with E-state index in [-0.39, 0.29) is 11.9 Å². The summed E-state index contributed by atoms with van der Waals surface area (Å²) in [5, 5.41) is 3.23. The molecule has 0 unspecified atom stereocenters. The summed E-state index contributed by atoms with van der Waals surface area (Å²) in [6, 6.07) is 16.5. The van der Waals surface area contributed by atoms with Gasteiger partial charge in [0.15, 0.2) is 0 Å². The number of aryl methyl sites for hydroxylation is 2. The maximum Gasteiger partial charge on any atom is 0.251 e. The third kappa shape index (κ3) is 4.04. The number of hydrogen-bond donors (Lipinski definition) is 2. The van der Waals surface area contributed by atoms with Crippen molar-refractivity contribution in [2.45, 2.75) is 31.7 Å². The van der Waals surface area contributed by atoms with Gasteiger partial charge in [0.25, 0.3) is 5.91 Å². The van der Waals surface area contributed by atoms with E-state index in [1.165, 1.54) is 28.9 Å². The topological polar surface area (TPSA) is 33.5 Å². The predicted octanol–water partition coefficient (Wildman–Crippen LogP) is 2.18. The quantitative estimate of drug-likeness (QED) is 0.869. The van der Waals surface area contributed by atoms with Crippen LogP contribution in [0.25, 0.3) is 0 Å². The fourth-order valence-electron chi connectivity index (χ4n) is 3.46. The van der Waals surface area contributed by atoms with Crippen LogP contribution < -0.4 is 10.2 Å². The summed E-state index contributed by atoms with van der Waals surface area (Å²) in [6.07, 6.45) is 4.74. The molecule has 24 heavy (non-hydrogen) atoms. The lowest BCUT2D eigenvalue weighted by atomic mass is 9.90. The molecule has 2 N–H and O–H groups in total. The van der Waals surface area contributed by atoms with E-state index >= 15 is 0 Å². The normalized spacial score (nSPS) is 15.0. The van der Waals surface area contributed by atoms with Crippen molar-refractivity contribution in [3.05, 3.63) is 70.8 Å². The lowest BCUT2D eigenvalue weighted by Gasteiger charge is -2.22. The number of carbonyl (C=O) groups excluding carboxylic acids is 1. The van der Waals surface area contributed by atoms with Crippen molar-refractivity contribution < 1.29 is 9.69 Å². The standard InChI is InChI=1S/C21H26N2O/c1-23(2)15-20(17-9-4-3-5-10-17)22-21(24)19-13-12-16-8-6-7-11-18(16)14-19/h3-5,9-10,12-14,20H,6-8,11,15H2,1-2H3,(H,22,24)/p+1/t20-/m0/s1. The summed E-state index contributed by atoms with van der Waals surface area (Å²) in [5.41, 5.74) is 4.70. The highest BCUT2D eigenvalue weighted by Gasteiger charge is 2.19. The Hall–Kier alpha value is -2.13. The lowest BCUT2D eigenvalue weighted by molar-refractivity contribution is -0.860. The zero-order valence-corrected chi connectivity index (χ0v) is 14.6. The van der Waals surface area contributed by atoms with Crippen molar-refractivity contribution in [2.24, 2.45) is 0 Å². The minimum Gasteiger partial charge on any atom is -0.340 e. The number of fused-ring (bicyclic) bond motifs is 1. The van der Waals surface area contributed by atoms with Gasteiger partial charge in [0, 0.05) is 5.56 Å². The van der Waals surface area contributed by atoms with Crippen molar-refractivity contribution in [1.82, 2.24) is 5.32 Å². The summed E-state index contributed by atoms with van der Waals surface area (Å²) in [5.74, 6) is 0.0264. The van der Waals surface area contributed by atoms with E-state index in [9.17, 15) is 4.79 Å². The van der Waals surface area contributed by atoms with Crippen molar-refractivity contribution >= 4 is 5.91 Å². The van der Waals surface area contributed by atoms with Crippen molar-refractivity contribution in [3.63, 3.8) is 0 Å². The van der Waals surface area contributed by atoms with Gasteiger partial charge in [-0.1, -0.05) is 36.4 Å². The zero-order valence-electron chi connectivity index (χ0n) is 14.6. The van der Waals surface area contributed by atoms with Crippen LogP contribution in [0.1, 0.15) is 45.9 Å². The number of rotatable bonds is 5. The molecule has 2 aromatic carbocycles. The van der Waals surface area contributed by atoms with Gasteiger partial charge in [-0.25, -0.2) is 0 Å². The van der Waals surface area contributed by atoms with Gasteiger partial charge in [-0.3, -0.25) is 4.79 Å². The molecule has 1 amide bonds. The SMILES string of the molecule is C[NH+](C)C[C@H](NC(=O)c1ccc2c(c1)CCCC2)c1ccccc1. The van der Waals surface area contributed by atoms with Crippen molar-refractivity contribution in [2.75, 3.05) is 20.6 Å². The second kappa shape index (κ2) is 7.63. The van der Waals surface area contributed by atoms with E-state index in [1.807, 2.05) is 24.3 Å². The van der Waals surface area contributed by atoms with E-state index in [0.29, 0.717) is 0 Å². The van der Waals surface area contributed by atoms with E-state index in [1.54, 1.807) is 0 Å². The van der Waals surface area contributed by atoms with Crippen LogP contribution in [0.4, 0.5) is 0 Å². The molecular formula is C21H27N2O+. The second-order valence-corrected chi connectivity index (χ2v) is 7.04. The molecular weight excluding hydrogens is 296 g/mol. The minimum atomic E-state index is 0.0264. The van der Waals surface area contributed by atoms with Crippen LogP contribution in [0.3, 0.4) is 0 Å². The summed E-state index contributed by atoms with van der Waals surface area (Å²) in [4.78, 5) is 14.1. The van der Waals surface area contributed by atoms with Gasteiger partial charge in [-0.15, -0.1) is 0 Å². The fourth-order valence-corrected chi connectivity index (χ4v) is 3.46. The summed E-state index contributed by atoms with van der Waals surface area (Å²) < 4.78 is 0. The maximum atomic E-state index is 12.8. The van der Waals surface area contributed by atoms with E-state index in [2.05, 4.69) is 43.7 Å². The Morgan fingerprint density at radius 1 is 1.04 bits per heavy atom. The van der Waals surface area contributed by atoms with Crippen LogP contribution in [0.5, 0.6) is 0 Å². The zero-order chi connectivity index (χ0) is 16.9. The highest BCUT2D eigenvalue weighted by molar-refractivity contribution is 5.94.